The molecular formula is C10H21N5O4S. The van der Waals surface area contributed by atoms with E-state index in [0.717, 1.165) is 12.8 Å². The number of amides is 2. The molecule has 6 N–H and O–H groups in total. The highest BCUT2D eigenvalue weighted by atomic mass is 32.2. The minimum atomic E-state index is -3.71. The molecular weight excluding hydrogens is 286 g/mol. The van der Waals surface area contributed by atoms with Crippen molar-refractivity contribution in [3.05, 3.63) is 0 Å². The highest BCUT2D eigenvalue weighted by Gasteiger charge is 2.24. The van der Waals surface area contributed by atoms with Gasteiger partial charge in [-0.15, -0.1) is 0 Å². The Bertz CT molecular complexity index is 453. The number of rotatable bonds is 6. The maximum absolute atomic E-state index is 11.9. The predicted molar refractivity (Wildman–Crippen MR) is 72.5 cm³/mol. The number of carbonyl (C=O) groups is 2. The van der Waals surface area contributed by atoms with Gasteiger partial charge >= 0.3 is 0 Å². The summed E-state index contributed by atoms with van der Waals surface area (Å²) in [6.45, 7) is 1.00. The van der Waals surface area contributed by atoms with Crippen LogP contribution >= 0.6 is 0 Å². The molecule has 9 nitrogen and oxygen atoms in total. The fourth-order valence-corrected chi connectivity index (χ4v) is 2.52. The first-order chi connectivity index (χ1) is 9.31. The average Bonchev–Trinajstić information content (AvgIpc) is 2.41. The molecule has 1 fully saturated rings. The van der Waals surface area contributed by atoms with Crippen molar-refractivity contribution in [2.24, 2.45) is 16.8 Å². The summed E-state index contributed by atoms with van der Waals surface area (Å²) < 4.78 is 23.9. The van der Waals surface area contributed by atoms with Crippen LogP contribution in [0.15, 0.2) is 0 Å². The van der Waals surface area contributed by atoms with E-state index in [1.54, 1.807) is 4.90 Å². The van der Waals surface area contributed by atoms with Crippen LogP contribution in [0.25, 0.3) is 0 Å². The van der Waals surface area contributed by atoms with Gasteiger partial charge < -0.3 is 16.0 Å². The number of hydrogen-bond acceptors (Lipinski definition) is 5. The second kappa shape index (κ2) is 7.53. The van der Waals surface area contributed by atoms with Gasteiger partial charge in [-0.05, 0) is 18.8 Å². The minimum Gasteiger partial charge on any atom is -0.346 e. The molecule has 116 valence electrons. The summed E-state index contributed by atoms with van der Waals surface area (Å²) in [7, 11) is -3.71. The molecule has 1 atom stereocenters. The van der Waals surface area contributed by atoms with E-state index in [9.17, 15) is 18.0 Å². The van der Waals surface area contributed by atoms with E-state index in [0.29, 0.717) is 13.1 Å². The highest BCUT2D eigenvalue weighted by molar-refractivity contribution is 7.87. The quantitative estimate of drug-likeness (QED) is 0.415. The summed E-state index contributed by atoms with van der Waals surface area (Å²) in [6, 6.07) is 0. The Morgan fingerprint density at radius 2 is 2.05 bits per heavy atom. The maximum Gasteiger partial charge on any atom is 0.274 e. The lowest BCUT2D eigenvalue weighted by Crippen LogP contribution is -2.48. The lowest BCUT2D eigenvalue weighted by atomic mass is 9.98. The summed E-state index contributed by atoms with van der Waals surface area (Å²) in [5.41, 5.74) is 5.13. The van der Waals surface area contributed by atoms with Crippen LogP contribution < -0.4 is 20.9 Å². The predicted octanol–water partition coefficient (Wildman–Crippen LogP) is -2.91. The maximum atomic E-state index is 11.9. The lowest BCUT2D eigenvalue weighted by molar-refractivity contribution is -0.134. The first-order valence-electron chi connectivity index (χ1n) is 6.33. The summed E-state index contributed by atoms with van der Waals surface area (Å²) in [6.07, 6.45) is 1.61. The number of nitrogens with zero attached hydrogens (tertiary/aromatic N) is 1. The third kappa shape index (κ3) is 6.28. The van der Waals surface area contributed by atoms with Crippen LogP contribution in [0.2, 0.25) is 0 Å². The van der Waals surface area contributed by atoms with E-state index >= 15 is 0 Å². The zero-order valence-corrected chi connectivity index (χ0v) is 12.0. The van der Waals surface area contributed by atoms with E-state index in [1.165, 1.54) is 0 Å². The van der Waals surface area contributed by atoms with Gasteiger partial charge in [-0.2, -0.15) is 8.42 Å². The van der Waals surface area contributed by atoms with Gasteiger partial charge in [0.1, 0.15) is 0 Å². The van der Waals surface area contributed by atoms with Gasteiger partial charge in [0, 0.05) is 19.6 Å². The molecule has 0 aromatic rings. The van der Waals surface area contributed by atoms with Crippen molar-refractivity contribution < 1.29 is 18.0 Å². The van der Waals surface area contributed by atoms with E-state index in [-0.39, 0.29) is 37.4 Å². The molecule has 0 bridgehead atoms. The molecule has 0 spiro atoms. The average molecular weight is 307 g/mol. The van der Waals surface area contributed by atoms with Crippen LogP contribution in [-0.4, -0.2) is 57.9 Å². The molecule has 1 heterocycles. The Hall–Kier alpha value is -1.23. The summed E-state index contributed by atoms with van der Waals surface area (Å²) in [5, 5.41) is 7.28. The molecule has 0 aromatic carbocycles. The van der Waals surface area contributed by atoms with Gasteiger partial charge in [-0.1, -0.05) is 0 Å². The number of piperidine rings is 1. The van der Waals surface area contributed by atoms with Crippen molar-refractivity contribution in [1.29, 1.82) is 0 Å². The molecule has 1 saturated heterocycles. The molecule has 20 heavy (non-hydrogen) atoms. The lowest BCUT2D eigenvalue weighted by Gasteiger charge is -2.32. The van der Waals surface area contributed by atoms with Crippen LogP contribution in [0.1, 0.15) is 12.8 Å². The molecule has 1 aliphatic rings. The fourth-order valence-electron chi connectivity index (χ4n) is 2.05. The van der Waals surface area contributed by atoms with Gasteiger partial charge in [-0.3, -0.25) is 9.59 Å². The number of carbonyl (C=O) groups excluding carboxylic acids is 2. The van der Waals surface area contributed by atoms with Gasteiger partial charge in [-0.25, -0.2) is 9.86 Å². The monoisotopic (exact) mass is 307 g/mol. The van der Waals surface area contributed by atoms with Crippen molar-refractivity contribution >= 4 is 22.0 Å². The van der Waals surface area contributed by atoms with E-state index in [4.69, 9.17) is 10.9 Å². The Morgan fingerprint density at radius 3 is 2.65 bits per heavy atom. The molecule has 10 heteroatoms. The number of likely N-dealkylation sites (tertiary alicyclic amines) is 1. The molecule has 2 amide bonds. The third-order valence-corrected chi connectivity index (χ3v) is 3.64. The molecule has 1 aliphatic heterocycles. The van der Waals surface area contributed by atoms with Crippen LogP contribution in [0.5, 0.6) is 0 Å². The SMILES string of the molecule is NCC(=O)NCC(=O)N1CCCC(CNS(N)(=O)=O)C1. The number of nitrogens with two attached hydrogens (primary N) is 2. The van der Waals surface area contributed by atoms with Crippen molar-refractivity contribution in [2.75, 3.05) is 32.7 Å². The van der Waals surface area contributed by atoms with E-state index in [2.05, 4.69) is 10.0 Å². The topological polar surface area (TPSA) is 148 Å². The second-order valence-corrected chi connectivity index (χ2v) is 6.10. The van der Waals surface area contributed by atoms with E-state index < -0.39 is 10.2 Å². The van der Waals surface area contributed by atoms with Crippen LogP contribution in [0.3, 0.4) is 0 Å². The normalized spacial score (nSPS) is 19.7. The van der Waals surface area contributed by atoms with Crippen LogP contribution in [0, 0.1) is 5.92 Å². The Kier molecular flexibility index (Phi) is 6.33. The van der Waals surface area contributed by atoms with Crippen molar-refractivity contribution in [3.8, 4) is 0 Å². The zero-order valence-electron chi connectivity index (χ0n) is 11.2. The highest BCUT2D eigenvalue weighted by Crippen LogP contribution is 2.15. The summed E-state index contributed by atoms with van der Waals surface area (Å²) >= 11 is 0. The Balaban J connectivity index is 2.39. The number of nitrogens with one attached hydrogen (secondary N) is 2. The van der Waals surface area contributed by atoms with Gasteiger partial charge in [0.05, 0.1) is 13.1 Å². The van der Waals surface area contributed by atoms with Crippen molar-refractivity contribution in [2.45, 2.75) is 12.8 Å². The first-order valence-corrected chi connectivity index (χ1v) is 7.88. The molecule has 0 aromatic heterocycles. The van der Waals surface area contributed by atoms with Crippen molar-refractivity contribution in [1.82, 2.24) is 14.9 Å². The smallest absolute Gasteiger partial charge is 0.274 e. The largest absolute Gasteiger partial charge is 0.346 e. The second-order valence-electron chi connectivity index (χ2n) is 4.72. The van der Waals surface area contributed by atoms with E-state index in [1.807, 2.05) is 0 Å². The Labute approximate surface area is 118 Å². The third-order valence-electron chi connectivity index (χ3n) is 3.07. The standard InChI is InChI=1S/C10H21N5O4S/c11-4-9(16)13-6-10(17)15-3-1-2-8(7-15)5-14-20(12,18)19/h8,14H,1-7,11H2,(H,13,16)(H2,12,18,19). The van der Waals surface area contributed by atoms with Crippen LogP contribution in [-0.2, 0) is 19.8 Å². The molecule has 0 aliphatic carbocycles. The molecule has 0 radical (unpaired) electrons. The molecule has 1 rings (SSSR count). The fraction of sp³-hybridized carbons (Fsp3) is 0.800. The zero-order chi connectivity index (χ0) is 15.2. The summed E-state index contributed by atoms with van der Waals surface area (Å²) in [5.74, 6) is -0.564. The molecule has 1 unspecified atom stereocenters. The minimum absolute atomic E-state index is 0.0243. The Morgan fingerprint density at radius 1 is 1.35 bits per heavy atom. The van der Waals surface area contributed by atoms with Gasteiger partial charge in [0.25, 0.3) is 10.2 Å². The van der Waals surface area contributed by atoms with Crippen LogP contribution in [0.4, 0.5) is 0 Å². The summed E-state index contributed by atoms with van der Waals surface area (Å²) in [4.78, 5) is 24.5. The first kappa shape index (κ1) is 16.8. The number of hydrogen-bond donors (Lipinski definition) is 4. The molecule has 0 saturated carbocycles. The van der Waals surface area contributed by atoms with Gasteiger partial charge in [0.15, 0.2) is 0 Å². The van der Waals surface area contributed by atoms with Crippen molar-refractivity contribution in [3.63, 3.8) is 0 Å². The van der Waals surface area contributed by atoms with Gasteiger partial charge in [0.2, 0.25) is 11.8 Å².